The molecule has 3 N–H and O–H groups in total. The number of nitrogen functional groups attached to an aromatic ring is 1. The van der Waals surface area contributed by atoms with Gasteiger partial charge in [-0.3, -0.25) is 4.79 Å². The van der Waals surface area contributed by atoms with Crippen LogP contribution in [0.5, 0.6) is 0 Å². The van der Waals surface area contributed by atoms with Crippen molar-refractivity contribution in [2.24, 2.45) is 11.8 Å². The number of rotatable bonds is 4. The zero-order valence-electron chi connectivity index (χ0n) is 11.6. The van der Waals surface area contributed by atoms with E-state index in [9.17, 15) is 4.79 Å². The monoisotopic (exact) mass is 261 g/mol. The molecular weight excluding hydrogens is 238 g/mol. The number of pyridine rings is 1. The van der Waals surface area contributed by atoms with Crippen LogP contribution in [0.4, 0.5) is 11.5 Å². The zero-order chi connectivity index (χ0) is 13.7. The van der Waals surface area contributed by atoms with Crippen molar-refractivity contribution in [3.63, 3.8) is 0 Å². The fourth-order valence-electron chi connectivity index (χ4n) is 2.85. The van der Waals surface area contributed by atoms with Gasteiger partial charge < -0.3 is 11.1 Å². The fraction of sp³-hybridized carbons (Fsp3) is 0.600. The van der Waals surface area contributed by atoms with Crippen LogP contribution in [-0.4, -0.2) is 10.9 Å². The lowest BCUT2D eigenvalue weighted by Crippen LogP contribution is -2.22. The summed E-state index contributed by atoms with van der Waals surface area (Å²) in [5.41, 5.74) is 6.23. The largest absolute Gasteiger partial charge is 0.384 e. The number of nitrogens with two attached hydrogens (primary N) is 1. The molecule has 2 rings (SSSR count). The van der Waals surface area contributed by atoms with Crippen molar-refractivity contribution >= 4 is 17.4 Å². The van der Waals surface area contributed by atoms with Gasteiger partial charge in [-0.1, -0.05) is 39.0 Å². The smallest absolute Gasteiger partial charge is 0.224 e. The predicted molar refractivity (Wildman–Crippen MR) is 77.6 cm³/mol. The Kier molecular flexibility index (Phi) is 4.77. The maximum absolute atomic E-state index is 12.0. The third-order valence-electron chi connectivity index (χ3n) is 4.03. The van der Waals surface area contributed by atoms with Crippen LogP contribution in [0.15, 0.2) is 18.3 Å². The molecule has 0 aliphatic heterocycles. The van der Waals surface area contributed by atoms with Crippen molar-refractivity contribution in [2.75, 3.05) is 11.1 Å². The van der Waals surface area contributed by atoms with Crippen LogP contribution >= 0.6 is 0 Å². The van der Waals surface area contributed by atoms with Gasteiger partial charge >= 0.3 is 0 Å². The molecule has 1 fully saturated rings. The number of hydrogen-bond acceptors (Lipinski definition) is 3. The Morgan fingerprint density at radius 2 is 2.16 bits per heavy atom. The number of carbonyl (C=O) groups is 1. The number of carbonyl (C=O) groups excluding carboxylic acids is 1. The summed E-state index contributed by atoms with van der Waals surface area (Å²) in [6.07, 6.45) is 8.73. The van der Waals surface area contributed by atoms with Crippen molar-refractivity contribution < 1.29 is 4.79 Å². The highest BCUT2D eigenvalue weighted by Gasteiger charge is 2.22. The molecule has 1 aliphatic carbocycles. The summed E-state index contributed by atoms with van der Waals surface area (Å²) in [6.45, 7) is 2.19. The number of aromatic nitrogens is 1. The van der Waals surface area contributed by atoms with E-state index in [4.69, 9.17) is 5.73 Å². The van der Waals surface area contributed by atoms with Crippen molar-refractivity contribution in [1.29, 1.82) is 0 Å². The summed E-state index contributed by atoms with van der Waals surface area (Å²) in [7, 11) is 0. The first-order valence-electron chi connectivity index (χ1n) is 7.16. The highest BCUT2D eigenvalue weighted by molar-refractivity contribution is 5.90. The molecule has 1 unspecified atom stereocenters. The lowest BCUT2D eigenvalue weighted by Gasteiger charge is -2.27. The van der Waals surface area contributed by atoms with Gasteiger partial charge in [0.2, 0.25) is 5.91 Å². The number of nitrogens with zero attached hydrogens (tertiary/aromatic N) is 1. The number of nitrogens with one attached hydrogen (secondary N) is 1. The normalized spacial score (nSPS) is 17.9. The maximum atomic E-state index is 12.0. The first-order valence-corrected chi connectivity index (χ1v) is 7.16. The van der Waals surface area contributed by atoms with E-state index < -0.39 is 0 Å². The van der Waals surface area contributed by atoms with Crippen LogP contribution in [0.25, 0.3) is 0 Å². The van der Waals surface area contributed by atoms with Gasteiger partial charge in [0.05, 0.1) is 11.9 Å². The summed E-state index contributed by atoms with van der Waals surface area (Å²) in [5, 5.41) is 2.88. The third kappa shape index (κ3) is 4.23. The van der Waals surface area contributed by atoms with E-state index in [0.717, 1.165) is 5.69 Å². The van der Waals surface area contributed by atoms with Crippen molar-refractivity contribution in [2.45, 2.75) is 45.4 Å². The minimum absolute atomic E-state index is 0.0737. The molecule has 4 nitrogen and oxygen atoms in total. The van der Waals surface area contributed by atoms with E-state index >= 15 is 0 Å². The zero-order valence-corrected chi connectivity index (χ0v) is 11.6. The highest BCUT2D eigenvalue weighted by atomic mass is 16.1. The van der Waals surface area contributed by atoms with Crippen LogP contribution in [0.2, 0.25) is 0 Å². The molecule has 0 bridgehead atoms. The molecule has 1 amide bonds. The Bertz CT molecular complexity index is 410. The van der Waals surface area contributed by atoms with Crippen LogP contribution in [-0.2, 0) is 4.79 Å². The molecule has 1 aromatic heterocycles. The standard InChI is InChI=1S/C15H23N3O/c1-11(12-5-3-2-4-6-12)9-15(19)18-13-7-8-14(16)17-10-13/h7-8,10-12H,2-6,9H2,1H3,(H2,16,17)(H,18,19). The van der Waals surface area contributed by atoms with Crippen LogP contribution in [0, 0.1) is 11.8 Å². The minimum Gasteiger partial charge on any atom is -0.384 e. The molecule has 0 saturated heterocycles. The van der Waals surface area contributed by atoms with E-state index in [-0.39, 0.29) is 5.91 Å². The van der Waals surface area contributed by atoms with Crippen molar-refractivity contribution in [3.05, 3.63) is 18.3 Å². The summed E-state index contributed by atoms with van der Waals surface area (Å²) in [6, 6.07) is 3.48. The molecule has 1 aliphatic rings. The molecule has 0 spiro atoms. The lowest BCUT2D eigenvalue weighted by molar-refractivity contribution is -0.117. The Labute approximate surface area is 114 Å². The molecule has 0 radical (unpaired) electrons. The van der Waals surface area contributed by atoms with Gasteiger partial charge in [-0.05, 0) is 24.0 Å². The summed E-state index contributed by atoms with van der Waals surface area (Å²) in [5.74, 6) is 1.71. The molecule has 4 heteroatoms. The number of hydrogen-bond donors (Lipinski definition) is 2. The van der Waals surface area contributed by atoms with Gasteiger partial charge in [0.25, 0.3) is 0 Å². The van der Waals surface area contributed by atoms with Crippen molar-refractivity contribution in [3.8, 4) is 0 Å². The maximum Gasteiger partial charge on any atom is 0.224 e. The molecule has 0 aromatic carbocycles. The van der Waals surface area contributed by atoms with E-state index in [0.29, 0.717) is 24.1 Å². The molecule has 1 atom stereocenters. The molecule has 104 valence electrons. The van der Waals surface area contributed by atoms with Gasteiger partial charge in [0.15, 0.2) is 0 Å². The average molecular weight is 261 g/mol. The van der Waals surface area contributed by atoms with Gasteiger partial charge in [0, 0.05) is 6.42 Å². The second-order valence-electron chi connectivity index (χ2n) is 5.60. The molecule has 1 heterocycles. The van der Waals surface area contributed by atoms with E-state index in [1.807, 2.05) is 0 Å². The quantitative estimate of drug-likeness (QED) is 0.874. The van der Waals surface area contributed by atoms with Crippen LogP contribution in [0.1, 0.15) is 45.4 Å². The number of anilines is 2. The average Bonchev–Trinajstić information content (AvgIpc) is 2.42. The lowest BCUT2D eigenvalue weighted by atomic mass is 9.79. The summed E-state index contributed by atoms with van der Waals surface area (Å²) >= 11 is 0. The van der Waals surface area contributed by atoms with Gasteiger partial charge in [-0.25, -0.2) is 4.98 Å². The Hall–Kier alpha value is -1.58. The second-order valence-corrected chi connectivity index (χ2v) is 5.60. The minimum atomic E-state index is 0.0737. The predicted octanol–water partition coefficient (Wildman–Crippen LogP) is 3.21. The van der Waals surface area contributed by atoms with Crippen molar-refractivity contribution in [1.82, 2.24) is 4.98 Å². The van der Waals surface area contributed by atoms with Gasteiger partial charge in [-0.15, -0.1) is 0 Å². The van der Waals surface area contributed by atoms with Gasteiger partial charge in [-0.2, -0.15) is 0 Å². The Morgan fingerprint density at radius 1 is 1.42 bits per heavy atom. The SMILES string of the molecule is CC(CC(=O)Nc1ccc(N)nc1)C1CCCCC1. The topological polar surface area (TPSA) is 68.0 Å². The molecule has 19 heavy (non-hydrogen) atoms. The van der Waals surface area contributed by atoms with E-state index in [2.05, 4.69) is 17.2 Å². The summed E-state index contributed by atoms with van der Waals surface area (Å²) < 4.78 is 0. The first-order chi connectivity index (χ1) is 9.15. The number of amides is 1. The van der Waals surface area contributed by atoms with Crippen LogP contribution < -0.4 is 11.1 Å². The fourth-order valence-corrected chi connectivity index (χ4v) is 2.85. The molecule has 1 aromatic rings. The second kappa shape index (κ2) is 6.55. The molecule has 1 saturated carbocycles. The first kappa shape index (κ1) is 13.8. The molecular formula is C15H23N3O. The Balaban J connectivity index is 1.81. The van der Waals surface area contributed by atoms with Gasteiger partial charge in [0.1, 0.15) is 5.82 Å². The summed E-state index contributed by atoms with van der Waals surface area (Å²) in [4.78, 5) is 15.9. The van der Waals surface area contributed by atoms with E-state index in [1.165, 1.54) is 32.1 Å². The van der Waals surface area contributed by atoms with E-state index in [1.54, 1.807) is 18.3 Å². The third-order valence-corrected chi connectivity index (χ3v) is 4.03. The highest BCUT2D eigenvalue weighted by Crippen LogP contribution is 2.31. The Morgan fingerprint density at radius 3 is 2.79 bits per heavy atom. The van der Waals surface area contributed by atoms with Crippen LogP contribution in [0.3, 0.4) is 0 Å².